The van der Waals surface area contributed by atoms with Gasteiger partial charge in [-0.05, 0) is 40.3 Å². The Bertz CT molecular complexity index is 1130. The number of aromatic nitrogens is 4. The molecule has 4 rings (SSSR count). The van der Waals surface area contributed by atoms with E-state index in [4.69, 9.17) is 14.2 Å². The number of hydrogen-bond acceptors (Lipinski definition) is 8. The number of tetrazole rings is 1. The first kappa shape index (κ1) is 19.3. The van der Waals surface area contributed by atoms with Crippen LogP contribution in [0, 0.1) is 0 Å². The predicted octanol–water partition coefficient (Wildman–Crippen LogP) is 2.63. The van der Waals surface area contributed by atoms with E-state index in [0.717, 1.165) is 11.3 Å². The number of carbonyl (C=O) groups excluding carboxylic acids is 1. The maximum Gasteiger partial charge on any atom is 0.203 e. The Hall–Kier alpha value is -4.01. The highest BCUT2D eigenvalue weighted by atomic mass is 16.5. The van der Waals surface area contributed by atoms with Crippen molar-refractivity contribution in [1.29, 1.82) is 0 Å². The number of ketones is 1. The third-order valence-corrected chi connectivity index (χ3v) is 4.74. The standard InChI is InChI=1S/C21H19N5O4/c1-28-18-10-14(11-19(29-2)21(18)30-3)20(27)15-9-13(16-5-4-8-22-16)6-7-17(15)26-12-23-24-25-26/h4,6-12H,5H2,1-3H3. The molecule has 0 spiro atoms. The molecule has 0 aliphatic carbocycles. The molecule has 0 amide bonds. The number of carbonyl (C=O) groups is 1. The summed E-state index contributed by atoms with van der Waals surface area (Å²) in [6.45, 7) is 0. The van der Waals surface area contributed by atoms with Crippen molar-refractivity contribution in [3.63, 3.8) is 0 Å². The quantitative estimate of drug-likeness (QED) is 0.557. The molecule has 0 atom stereocenters. The minimum absolute atomic E-state index is 0.242. The monoisotopic (exact) mass is 405 g/mol. The highest BCUT2D eigenvalue weighted by Gasteiger charge is 2.22. The van der Waals surface area contributed by atoms with Gasteiger partial charge in [-0.3, -0.25) is 9.79 Å². The van der Waals surface area contributed by atoms with E-state index in [0.29, 0.717) is 40.5 Å². The van der Waals surface area contributed by atoms with Gasteiger partial charge in [0, 0.05) is 23.7 Å². The zero-order valence-electron chi connectivity index (χ0n) is 16.7. The van der Waals surface area contributed by atoms with E-state index in [9.17, 15) is 4.79 Å². The lowest BCUT2D eigenvalue weighted by atomic mass is 9.96. The fraction of sp³-hybridized carbons (Fsp3) is 0.190. The topological polar surface area (TPSA) is 101 Å². The SMILES string of the molecule is COc1cc(C(=O)c2cc(C3=NC=CC3)ccc2-n2cnnn2)cc(OC)c1OC. The van der Waals surface area contributed by atoms with Crippen molar-refractivity contribution in [3.05, 3.63) is 65.6 Å². The Labute approximate surface area is 172 Å². The second-order valence-electron chi connectivity index (χ2n) is 6.39. The molecule has 1 aliphatic rings. The van der Waals surface area contributed by atoms with Crippen molar-refractivity contribution < 1.29 is 19.0 Å². The van der Waals surface area contributed by atoms with Gasteiger partial charge in [0.1, 0.15) is 6.33 Å². The molecule has 0 unspecified atom stereocenters. The van der Waals surface area contributed by atoms with Crippen molar-refractivity contribution in [2.24, 2.45) is 4.99 Å². The van der Waals surface area contributed by atoms with E-state index >= 15 is 0 Å². The van der Waals surface area contributed by atoms with Gasteiger partial charge in [-0.1, -0.05) is 12.1 Å². The lowest BCUT2D eigenvalue weighted by molar-refractivity contribution is 0.103. The van der Waals surface area contributed by atoms with Gasteiger partial charge in [-0.15, -0.1) is 5.10 Å². The van der Waals surface area contributed by atoms with Crippen LogP contribution < -0.4 is 14.2 Å². The van der Waals surface area contributed by atoms with E-state index < -0.39 is 0 Å². The molecule has 0 saturated heterocycles. The van der Waals surface area contributed by atoms with Gasteiger partial charge >= 0.3 is 0 Å². The fourth-order valence-corrected chi connectivity index (χ4v) is 3.29. The van der Waals surface area contributed by atoms with Crippen molar-refractivity contribution in [2.75, 3.05) is 21.3 Å². The molecule has 3 aromatic rings. The minimum Gasteiger partial charge on any atom is -0.493 e. The average Bonchev–Trinajstić information content (AvgIpc) is 3.51. The zero-order valence-corrected chi connectivity index (χ0v) is 16.7. The summed E-state index contributed by atoms with van der Waals surface area (Å²) in [7, 11) is 4.52. The number of ether oxygens (including phenoxy) is 3. The van der Waals surface area contributed by atoms with E-state index in [-0.39, 0.29) is 5.78 Å². The largest absolute Gasteiger partial charge is 0.493 e. The molecule has 0 bridgehead atoms. The van der Waals surface area contributed by atoms with Crippen molar-refractivity contribution >= 4 is 11.5 Å². The Morgan fingerprint density at radius 1 is 1.03 bits per heavy atom. The second-order valence-corrected chi connectivity index (χ2v) is 6.39. The van der Waals surface area contributed by atoms with Crippen LogP contribution in [0.5, 0.6) is 17.2 Å². The third kappa shape index (κ3) is 3.41. The van der Waals surface area contributed by atoms with Crippen molar-refractivity contribution in [1.82, 2.24) is 20.2 Å². The van der Waals surface area contributed by atoms with E-state index in [1.165, 1.54) is 32.3 Å². The van der Waals surface area contributed by atoms with E-state index in [1.807, 2.05) is 12.1 Å². The number of methoxy groups -OCH3 is 3. The van der Waals surface area contributed by atoms with Crippen LogP contribution in [0.4, 0.5) is 0 Å². The number of aliphatic imine (C=N–C) groups is 1. The molecule has 1 aromatic heterocycles. The molecule has 9 heteroatoms. The second kappa shape index (κ2) is 8.16. The maximum absolute atomic E-state index is 13.6. The van der Waals surface area contributed by atoms with Gasteiger partial charge in [-0.25, -0.2) is 0 Å². The molecule has 0 radical (unpaired) electrons. The van der Waals surface area contributed by atoms with Crippen LogP contribution in [0.1, 0.15) is 27.9 Å². The molecular formula is C21H19N5O4. The van der Waals surface area contributed by atoms with Crippen LogP contribution in [0.25, 0.3) is 5.69 Å². The zero-order chi connectivity index (χ0) is 21.1. The Morgan fingerprint density at radius 2 is 1.80 bits per heavy atom. The number of rotatable bonds is 7. The molecule has 152 valence electrons. The highest BCUT2D eigenvalue weighted by Crippen LogP contribution is 2.39. The summed E-state index contributed by atoms with van der Waals surface area (Å²) in [4.78, 5) is 17.9. The first-order chi connectivity index (χ1) is 14.7. The summed E-state index contributed by atoms with van der Waals surface area (Å²) in [5.74, 6) is 0.958. The van der Waals surface area contributed by atoms with Crippen molar-refractivity contribution in [3.8, 4) is 22.9 Å². The van der Waals surface area contributed by atoms with Gasteiger partial charge in [0.15, 0.2) is 17.3 Å². The minimum atomic E-state index is -0.242. The molecular weight excluding hydrogens is 386 g/mol. The predicted molar refractivity (Wildman–Crippen MR) is 109 cm³/mol. The molecule has 0 N–H and O–H groups in total. The highest BCUT2D eigenvalue weighted by molar-refractivity contribution is 6.13. The van der Waals surface area contributed by atoms with Crippen LogP contribution in [0.15, 0.2) is 53.9 Å². The Morgan fingerprint density at radius 3 is 2.37 bits per heavy atom. The lowest BCUT2D eigenvalue weighted by Crippen LogP contribution is -2.11. The fourth-order valence-electron chi connectivity index (χ4n) is 3.29. The van der Waals surface area contributed by atoms with Crippen LogP contribution in [0.3, 0.4) is 0 Å². The molecule has 0 fully saturated rings. The summed E-state index contributed by atoms with van der Waals surface area (Å²) in [6.07, 6.45) is 5.87. The molecule has 0 saturated carbocycles. The van der Waals surface area contributed by atoms with E-state index in [2.05, 4.69) is 20.5 Å². The molecule has 1 aliphatic heterocycles. The van der Waals surface area contributed by atoms with Crippen LogP contribution in [-0.4, -0.2) is 53.0 Å². The van der Waals surface area contributed by atoms with Gasteiger partial charge < -0.3 is 14.2 Å². The lowest BCUT2D eigenvalue weighted by Gasteiger charge is -2.15. The third-order valence-electron chi connectivity index (χ3n) is 4.74. The number of hydrogen-bond donors (Lipinski definition) is 0. The summed E-state index contributed by atoms with van der Waals surface area (Å²) >= 11 is 0. The molecule has 30 heavy (non-hydrogen) atoms. The van der Waals surface area contributed by atoms with Crippen LogP contribution in [0.2, 0.25) is 0 Å². The number of nitrogens with zero attached hydrogens (tertiary/aromatic N) is 5. The summed E-state index contributed by atoms with van der Waals surface area (Å²) in [5, 5.41) is 11.3. The van der Waals surface area contributed by atoms with Gasteiger partial charge in [0.2, 0.25) is 5.75 Å². The average molecular weight is 405 g/mol. The number of benzene rings is 2. The van der Waals surface area contributed by atoms with E-state index in [1.54, 1.807) is 30.5 Å². The molecule has 2 aromatic carbocycles. The Kier molecular flexibility index (Phi) is 5.25. The van der Waals surface area contributed by atoms with Crippen molar-refractivity contribution in [2.45, 2.75) is 6.42 Å². The summed E-state index contributed by atoms with van der Waals surface area (Å²) in [6, 6.07) is 8.74. The maximum atomic E-state index is 13.6. The Balaban J connectivity index is 1.86. The van der Waals surface area contributed by atoms with Gasteiger partial charge in [-0.2, -0.15) is 4.68 Å². The molecule has 9 nitrogen and oxygen atoms in total. The van der Waals surface area contributed by atoms with Gasteiger partial charge in [0.25, 0.3) is 0 Å². The number of allylic oxidation sites excluding steroid dienone is 1. The first-order valence-corrected chi connectivity index (χ1v) is 9.10. The molecule has 2 heterocycles. The normalized spacial score (nSPS) is 12.6. The van der Waals surface area contributed by atoms with Crippen LogP contribution >= 0.6 is 0 Å². The first-order valence-electron chi connectivity index (χ1n) is 9.10. The summed E-state index contributed by atoms with van der Waals surface area (Å²) in [5.41, 5.74) is 3.09. The summed E-state index contributed by atoms with van der Waals surface area (Å²) < 4.78 is 17.6. The van der Waals surface area contributed by atoms with Crippen LogP contribution in [-0.2, 0) is 0 Å². The smallest absolute Gasteiger partial charge is 0.203 e. The van der Waals surface area contributed by atoms with Gasteiger partial charge in [0.05, 0.1) is 32.7 Å².